The Morgan fingerprint density at radius 2 is 1.88 bits per heavy atom. The van der Waals surface area contributed by atoms with Crippen molar-refractivity contribution in [2.24, 2.45) is 0 Å². The van der Waals surface area contributed by atoms with Crippen molar-refractivity contribution in [1.29, 1.82) is 0 Å². The molecule has 1 atom stereocenters. The zero-order chi connectivity index (χ0) is 18.2. The number of carbonyl (C=O) groups is 4. The van der Waals surface area contributed by atoms with Crippen molar-refractivity contribution in [2.45, 2.75) is 69.9 Å². The molecule has 0 aromatic rings. The number of aliphatic carboxylic acids is 1. The zero-order valence-electron chi connectivity index (χ0n) is 14.4. The van der Waals surface area contributed by atoms with Gasteiger partial charge in [-0.2, -0.15) is 0 Å². The minimum atomic E-state index is -0.961. The van der Waals surface area contributed by atoms with Gasteiger partial charge in [-0.05, 0) is 32.1 Å². The number of hydrogen-bond acceptors (Lipinski definition) is 5. The predicted molar refractivity (Wildman–Crippen MR) is 87.6 cm³/mol. The average molecular weight is 354 g/mol. The van der Waals surface area contributed by atoms with Gasteiger partial charge in [-0.15, -0.1) is 0 Å². The summed E-state index contributed by atoms with van der Waals surface area (Å²) in [6.45, 7) is 0.650. The molecule has 1 aliphatic carbocycles. The van der Waals surface area contributed by atoms with Crippen molar-refractivity contribution >= 4 is 23.8 Å². The SMILES string of the molecule is O=C(O)CCCC(=O)N1CCNC(=O)[C@H]1CC(=O)OC1CCCCC1. The lowest BCUT2D eigenvalue weighted by Gasteiger charge is -2.35. The number of amides is 2. The van der Waals surface area contributed by atoms with Gasteiger partial charge in [-0.1, -0.05) is 6.42 Å². The monoisotopic (exact) mass is 354 g/mol. The first kappa shape index (κ1) is 19.2. The van der Waals surface area contributed by atoms with Gasteiger partial charge in [0.15, 0.2) is 0 Å². The number of carboxylic acid groups (broad SMARTS) is 1. The summed E-state index contributed by atoms with van der Waals surface area (Å²) in [4.78, 5) is 48.5. The molecule has 0 spiro atoms. The van der Waals surface area contributed by atoms with Crippen LogP contribution in [0.5, 0.6) is 0 Å². The maximum absolute atomic E-state index is 12.3. The van der Waals surface area contributed by atoms with E-state index in [1.54, 1.807) is 0 Å². The summed E-state index contributed by atoms with van der Waals surface area (Å²) in [7, 11) is 0. The van der Waals surface area contributed by atoms with E-state index >= 15 is 0 Å². The van der Waals surface area contributed by atoms with Gasteiger partial charge >= 0.3 is 11.9 Å². The molecule has 2 N–H and O–H groups in total. The lowest BCUT2D eigenvalue weighted by Crippen LogP contribution is -2.57. The number of carboxylic acids is 1. The minimum absolute atomic E-state index is 0.0494. The van der Waals surface area contributed by atoms with Gasteiger partial charge in [0.2, 0.25) is 11.8 Å². The highest BCUT2D eigenvalue weighted by molar-refractivity contribution is 5.92. The number of nitrogens with zero attached hydrogens (tertiary/aromatic N) is 1. The molecule has 1 saturated heterocycles. The van der Waals surface area contributed by atoms with Gasteiger partial charge < -0.3 is 20.1 Å². The summed E-state index contributed by atoms with van der Waals surface area (Å²) in [6.07, 6.45) is 4.84. The number of piperazine rings is 1. The highest BCUT2D eigenvalue weighted by Gasteiger charge is 2.35. The van der Waals surface area contributed by atoms with E-state index in [0.717, 1.165) is 32.1 Å². The molecular weight excluding hydrogens is 328 g/mol. The lowest BCUT2D eigenvalue weighted by molar-refractivity contribution is -0.156. The van der Waals surface area contributed by atoms with Crippen LogP contribution in [0.3, 0.4) is 0 Å². The van der Waals surface area contributed by atoms with E-state index in [0.29, 0.717) is 13.1 Å². The Hall–Kier alpha value is -2.12. The van der Waals surface area contributed by atoms with Crippen LogP contribution in [0.2, 0.25) is 0 Å². The highest BCUT2D eigenvalue weighted by atomic mass is 16.5. The Kier molecular flexibility index (Phi) is 7.21. The van der Waals surface area contributed by atoms with Crippen molar-refractivity contribution < 1.29 is 29.0 Å². The van der Waals surface area contributed by atoms with Gasteiger partial charge in [0.1, 0.15) is 12.1 Å². The summed E-state index contributed by atoms with van der Waals surface area (Å²) < 4.78 is 5.45. The maximum Gasteiger partial charge on any atom is 0.308 e. The Balaban J connectivity index is 1.89. The molecular formula is C17H26N2O6. The Labute approximate surface area is 146 Å². The number of esters is 1. The van der Waals surface area contributed by atoms with Crippen molar-refractivity contribution in [3.05, 3.63) is 0 Å². The lowest BCUT2D eigenvalue weighted by atomic mass is 9.98. The van der Waals surface area contributed by atoms with E-state index in [2.05, 4.69) is 5.32 Å². The first-order valence-electron chi connectivity index (χ1n) is 8.96. The molecule has 25 heavy (non-hydrogen) atoms. The fourth-order valence-corrected chi connectivity index (χ4v) is 3.33. The van der Waals surface area contributed by atoms with Gasteiger partial charge in [0, 0.05) is 25.9 Å². The van der Waals surface area contributed by atoms with Crippen LogP contribution in [0.4, 0.5) is 0 Å². The Morgan fingerprint density at radius 3 is 2.56 bits per heavy atom. The van der Waals surface area contributed by atoms with Crippen LogP contribution < -0.4 is 5.32 Å². The molecule has 2 rings (SSSR count). The molecule has 0 radical (unpaired) electrons. The van der Waals surface area contributed by atoms with Gasteiger partial charge in [0.05, 0.1) is 6.42 Å². The van der Waals surface area contributed by atoms with Gasteiger partial charge in [0.25, 0.3) is 0 Å². The topological polar surface area (TPSA) is 113 Å². The van der Waals surface area contributed by atoms with E-state index in [1.807, 2.05) is 0 Å². The van der Waals surface area contributed by atoms with E-state index in [1.165, 1.54) is 4.90 Å². The van der Waals surface area contributed by atoms with E-state index in [4.69, 9.17) is 9.84 Å². The zero-order valence-corrected chi connectivity index (χ0v) is 14.4. The molecule has 2 fully saturated rings. The third-order valence-corrected chi connectivity index (χ3v) is 4.64. The number of carbonyl (C=O) groups excluding carboxylic acids is 3. The maximum atomic E-state index is 12.3. The molecule has 8 nitrogen and oxygen atoms in total. The second-order valence-electron chi connectivity index (χ2n) is 6.60. The largest absolute Gasteiger partial charge is 0.481 e. The normalized spacial score (nSPS) is 21.5. The van der Waals surface area contributed by atoms with E-state index in [-0.39, 0.29) is 43.6 Å². The first-order chi connectivity index (χ1) is 12.0. The van der Waals surface area contributed by atoms with Crippen molar-refractivity contribution in [2.75, 3.05) is 13.1 Å². The smallest absolute Gasteiger partial charge is 0.308 e. The fraction of sp³-hybridized carbons (Fsp3) is 0.765. The summed E-state index contributed by atoms with van der Waals surface area (Å²) >= 11 is 0. The molecule has 140 valence electrons. The van der Waals surface area contributed by atoms with Crippen LogP contribution in [0.15, 0.2) is 0 Å². The van der Waals surface area contributed by atoms with Crippen molar-refractivity contribution in [3.63, 3.8) is 0 Å². The van der Waals surface area contributed by atoms with Crippen LogP contribution in [-0.4, -0.2) is 59.0 Å². The second kappa shape index (κ2) is 9.39. The van der Waals surface area contributed by atoms with Gasteiger partial charge in [-0.3, -0.25) is 19.2 Å². The predicted octanol–water partition coefficient (Wildman–Crippen LogP) is 0.834. The number of rotatable bonds is 7. The highest BCUT2D eigenvalue weighted by Crippen LogP contribution is 2.21. The standard InChI is InChI=1S/C17H26N2O6/c20-14(7-4-8-15(21)22)19-10-9-18-17(24)13(19)11-16(23)25-12-5-2-1-3-6-12/h12-13H,1-11H2,(H,18,24)(H,21,22)/t13-/m1/s1. The van der Waals surface area contributed by atoms with Crippen molar-refractivity contribution in [1.82, 2.24) is 10.2 Å². The van der Waals surface area contributed by atoms with Crippen LogP contribution in [-0.2, 0) is 23.9 Å². The van der Waals surface area contributed by atoms with Crippen molar-refractivity contribution in [3.8, 4) is 0 Å². The van der Waals surface area contributed by atoms with Gasteiger partial charge in [-0.25, -0.2) is 0 Å². The Morgan fingerprint density at radius 1 is 1.16 bits per heavy atom. The summed E-state index contributed by atoms with van der Waals surface area (Å²) in [5, 5.41) is 11.3. The molecule has 0 bridgehead atoms. The molecule has 8 heteroatoms. The van der Waals surface area contributed by atoms with Crippen LogP contribution in [0, 0.1) is 0 Å². The molecule has 0 aromatic heterocycles. The molecule has 1 saturated carbocycles. The van der Waals surface area contributed by atoms with E-state index in [9.17, 15) is 19.2 Å². The van der Waals surface area contributed by atoms with E-state index < -0.39 is 18.0 Å². The summed E-state index contributed by atoms with van der Waals surface area (Å²) in [6, 6.07) is -0.873. The molecule has 0 unspecified atom stereocenters. The third kappa shape index (κ3) is 6.03. The number of ether oxygens (including phenoxy) is 1. The summed E-state index contributed by atoms with van der Waals surface area (Å²) in [5.74, 6) is -2.08. The van der Waals surface area contributed by atoms with Crippen LogP contribution >= 0.6 is 0 Å². The molecule has 2 aliphatic rings. The molecule has 2 amide bonds. The third-order valence-electron chi connectivity index (χ3n) is 4.64. The summed E-state index contributed by atoms with van der Waals surface area (Å²) in [5.41, 5.74) is 0. The van der Waals surface area contributed by atoms with Crippen LogP contribution in [0.25, 0.3) is 0 Å². The Bertz CT molecular complexity index is 515. The number of hydrogen-bond donors (Lipinski definition) is 2. The second-order valence-corrected chi connectivity index (χ2v) is 6.60. The molecule has 1 heterocycles. The molecule has 0 aromatic carbocycles. The quantitative estimate of drug-likeness (QED) is 0.655. The first-order valence-corrected chi connectivity index (χ1v) is 8.96. The minimum Gasteiger partial charge on any atom is -0.481 e. The number of nitrogens with one attached hydrogen (secondary N) is 1. The average Bonchev–Trinajstić information content (AvgIpc) is 2.57. The van der Waals surface area contributed by atoms with Crippen LogP contribution in [0.1, 0.15) is 57.8 Å². The fourth-order valence-electron chi connectivity index (χ4n) is 3.33. The molecule has 1 aliphatic heterocycles.